The molecular formula is C13H10ClN3O. The van der Waals surface area contributed by atoms with Crippen molar-refractivity contribution in [1.29, 1.82) is 0 Å². The van der Waals surface area contributed by atoms with Gasteiger partial charge in [-0.05, 0) is 12.1 Å². The highest BCUT2D eigenvalue weighted by Crippen LogP contribution is 2.22. The Morgan fingerprint density at radius 1 is 1.28 bits per heavy atom. The number of pyridine rings is 1. The highest BCUT2D eigenvalue weighted by molar-refractivity contribution is 6.30. The summed E-state index contributed by atoms with van der Waals surface area (Å²) in [4.78, 5) is 4.36. The Bertz CT molecular complexity index is 708. The standard InChI is InChI=1S/C13H10ClN3O/c14-9-6-15-17(7-9)13-5-10(8-18)16-12-4-2-1-3-11(12)13/h1-7,18H,8H2. The molecule has 1 N–H and O–H groups in total. The molecule has 0 aliphatic rings. The number of fused-ring (bicyclic) bond motifs is 1. The maximum atomic E-state index is 9.26. The Labute approximate surface area is 108 Å². The number of hydrogen-bond acceptors (Lipinski definition) is 3. The highest BCUT2D eigenvalue weighted by Gasteiger charge is 2.08. The smallest absolute Gasteiger partial charge is 0.0854 e. The second kappa shape index (κ2) is 4.40. The van der Waals surface area contributed by atoms with Gasteiger partial charge in [-0.15, -0.1) is 0 Å². The van der Waals surface area contributed by atoms with Gasteiger partial charge in [-0.2, -0.15) is 5.10 Å². The number of hydrogen-bond donors (Lipinski definition) is 1. The minimum Gasteiger partial charge on any atom is -0.390 e. The van der Waals surface area contributed by atoms with E-state index in [1.165, 1.54) is 0 Å². The lowest BCUT2D eigenvalue weighted by Crippen LogP contribution is -2.00. The van der Waals surface area contributed by atoms with Crippen LogP contribution in [0.4, 0.5) is 0 Å². The number of nitrogens with zero attached hydrogens (tertiary/aromatic N) is 3. The molecule has 0 aliphatic heterocycles. The molecule has 0 aliphatic carbocycles. The van der Waals surface area contributed by atoms with Crippen LogP contribution in [-0.2, 0) is 6.61 Å². The molecule has 0 spiro atoms. The Morgan fingerprint density at radius 2 is 2.11 bits per heavy atom. The van der Waals surface area contributed by atoms with Crippen LogP contribution in [-0.4, -0.2) is 19.9 Å². The van der Waals surface area contributed by atoms with Gasteiger partial charge in [0.25, 0.3) is 0 Å². The predicted octanol–water partition coefficient (Wildman–Crippen LogP) is 2.57. The second-order valence-electron chi connectivity index (χ2n) is 3.91. The van der Waals surface area contributed by atoms with Crippen molar-refractivity contribution < 1.29 is 5.11 Å². The van der Waals surface area contributed by atoms with E-state index in [2.05, 4.69) is 10.1 Å². The van der Waals surface area contributed by atoms with Crippen molar-refractivity contribution in [3.8, 4) is 5.69 Å². The zero-order chi connectivity index (χ0) is 12.5. The SMILES string of the molecule is OCc1cc(-n2cc(Cl)cn2)c2ccccc2n1. The van der Waals surface area contributed by atoms with E-state index in [1.807, 2.05) is 30.3 Å². The van der Waals surface area contributed by atoms with Crippen LogP contribution in [0.3, 0.4) is 0 Å². The quantitative estimate of drug-likeness (QED) is 0.770. The maximum absolute atomic E-state index is 9.26. The number of aliphatic hydroxyl groups is 1. The minimum atomic E-state index is -0.104. The molecule has 3 aromatic rings. The van der Waals surface area contributed by atoms with Crippen LogP contribution in [0.1, 0.15) is 5.69 Å². The molecule has 2 aromatic heterocycles. The molecule has 1 aromatic carbocycles. The molecule has 18 heavy (non-hydrogen) atoms. The zero-order valence-electron chi connectivity index (χ0n) is 9.42. The predicted molar refractivity (Wildman–Crippen MR) is 69.8 cm³/mol. The first-order chi connectivity index (χ1) is 8.78. The summed E-state index contributed by atoms with van der Waals surface area (Å²) in [6.45, 7) is -0.104. The Balaban J connectivity index is 2.32. The van der Waals surface area contributed by atoms with Gasteiger partial charge in [0.05, 0.1) is 34.7 Å². The molecular weight excluding hydrogens is 250 g/mol. The largest absolute Gasteiger partial charge is 0.390 e. The second-order valence-corrected chi connectivity index (χ2v) is 4.35. The number of halogens is 1. The molecule has 2 heterocycles. The Kier molecular flexibility index (Phi) is 2.74. The van der Waals surface area contributed by atoms with Gasteiger partial charge >= 0.3 is 0 Å². The van der Waals surface area contributed by atoms with Crippen molar-refractivity contribution in [2.24, 2.45) is 0 Å². The zero-order valence-corrected chi connectivity index (χ0v) is 10.2. The van der Waals surface area contributed by atoms with Crippen LogP contribution in [0.2, 0.25) is 5.02 Å². The highest BCUT2D eigenvalue weighted by atomic mass is 35.5. The molecule has 5 heteroatoms. The van der Waals surface area contributed by atoms with E-state index in [1.54, 1.807) is 17.1 Å². The first kappa shape index (κ1) is 11.2. The van der Waals surface area contributed by atoms with Crippen LogP contribution in [0.25, 0.3) is 16.6 Å². The van der Waals surface area contributed by atoms with Crippen molar-refractivity contribution in [3.05, 3.63) is 53.4 Å². The topological polar surface area (TPSA) is 50.9 Å². The summed E-state index contributed by atoms with van der Waals surface area (Å²) >= 11 is 5.89. The normalized spacial score (nSPS) is 11.0. The van der Waals surface area contributed by atoms with E-state index in [-0.39, 0.29) is 6.61 Å². The Hall–Kier alpha value is -1.91. The van der Waals surface area contributed by atoms with E-state index in [9.17, 15) is 5.11 Å². The molecule has 3 rings (SSSR count). The van der Waals surface area contributed by atoms with Gasteiger partial charge in [-0.3, -0.25) is 4.98 Å². The summed E-state index contributed by atoms with van der Waals surface area (Å²) < 4.78 is 1.69. The molecule has 0 bridgehead atoms. The molecule has 4 nitrogen and oxygen atoms in total. The summed E-state index contributed by atoms with van der Waals surface area (Å²) in [5.41, 5.74) is 2.29. The minimum absolute atomic E-state index is 0.104. The third-order valence-corrected chi connectivity index (χ3v) is 2.90. The van der Waals surface area contributed by atoms with Crippen LogP contribution < -0.4 is 0 Å². The fraction of sp³-hybridized carbons (Fsp3) is 0.0769. The Morgan fingerprint density at radius 3 is 2.83 bits per heavy atom. The van der Waals surface area contributed by atoms with E-state index in [4.69, 9.17) is 11.6 Å². The average molecular weight is 260 g/mol. The lowest BCUT2D eigenvalue weighted by atomic mass is 10.1. The molecule has 0 saturated heterocycles. The fourth-order valence-corrected chi connectivity index (χ4v) is 2.05. The first-order valence-corrected chi connectivity index (χ1v) is 5.86. The van der Waals surface area contributed by atoms with Gasteiger partial charge in [0.15, 0.2) is 0 Å². The van der Waals surface area contributed by atoms with Gasteiger partial charge in [-0.25, -0.2) is 4.68 Å². The van der Waals surface area contributed by atoms with Gasteiger partial charge in [-0.1, -0.05) is 29.8 Å². The monoisotopic (exact) mass is 259 g/mol. The number of aromatic nitrogens is 3. The van der Waals surface area contributed by atoms with Crippen LogP contribution in [0.5, 0.6) is 0 Å². The van der Waals surface area contributed by atoms with E-state index in [0.717, 1.165) is 16.6 Å². The van der Waals surface area contributed by atoms with Gasteiger partial charge in [0.2, 0.25) is 0 Å². The number of benzene rings is 1. The third-order valence-electron chi connectivity index (χ3n) is 2.71. The molecule has 0 radical (unpaired) electrons. The van der Waals surface area contributed by atoms with Crippen molar-refractivity contribution in [2.45, 2.75) is 6.61 Å². The van der Waals surface area contributed by atoms with E-state index in [0.29, 0.717) is 10.7 Å². The average Bonchev–Trinajstić information content (AvgIpc) is 2.84. The summed E-state index contributed by atoms with van der Waals surface area (Å²) in [6, 6.07) is 9.54. The van der Waals surface area contributed by atoms with Gasteiger partial charge < -0.3 is 5.11 Å². The maximum Gasteiger partial charge on any atom is 0.0854 e. The first-order valence-electron chi connectivity index (χ1n) is 5.48. The molecule has 0 atom stereocenters. The van der Waals surface area contributed by atoms with E-state index >= 15 is 0 Å². The molecule has 0 saturated carbocycles. The fourth-order valence-electron chi connectivity index (χ4n) is 1.91. The lowest BCUT2D eigenvalue weighted by Gasteiger charge is -2.08. The summed E-state index contributed by atoms with van der Waals surface area (Å²) in [5, 5.41) is 15.0. The van der Waals surface area contributed by atoms with Crippen molar-refractivity contribution >= 4 is 22.5 Å². The van der Waals surface area contributed by atoms with Gasteiger partial charge in [0.1, 0.15) is 0 Å². The molecule has 0 fully saturated rings. The van der Waals surface area contributed by atoms with Crippen LogP contribution in [0.15, 0.2) is 42.7 Å². The lowest BCUT2D eigenvalue weighted by molar-refractivity contribution is 0.277. The number of para-hydroxylation sites is 1. The molecule has 90 valence electrons. The molecule has 0 amide bonds. The van der Waals surface area contributed by atoms with E-state index < -0.39 is 0 Å². The summed E-state index contributed by atoms with van der Waals surface area (Å²) in [7, 11) is 0. The summed E-state index contributed by atoms with van der Waals surface area (Å²) in [5.74, 6) is 0. The summed E-state index contributed by atoms with van der Waals surface area (Å²) in [6.07, 6.45) is 3.31. The third kappa shape index (κ3) is 1.85. The van der Waals surface area contributed by atoms with Crippen molar-refractivity contribution in [3.63, 3.8) is 0 Å². The van der Waals surface area contributed by atoms with Crippen LogP contribution >= 0.6 is 11.6 Å². The van der Waals surface area contributed by atoms with Crippen molar-refractivity contribution in [1.82, 2.24) is 14.8 Å². The molecule has 0 unspecified atom stereocenters. The number of aliphatic hydroxyl groups excluding tert-OH is 1. The number of rotatable bonds is 2. The van der Waals surface area contributed by atoms with Crippen molar-refractivity contribution in [2.75, 3.05) is 0 Å². The van der Waals surface area contributed by atoms with Gasteiger partial charge in [0, 0.05) is 11.6 Å². The van der Waals surface area contributed by atoms with Crippen LogP contribution in [0, 0.1) is 0 Å².